The minimum absolute atomic E-state index is 0.397. The summed E-state index contributed by atoms with van der Waals surface area (Å²) in [5.41, 5.74) is 0. The van der Waals surface area contributed by atoms with Gasteiger partial charge in [0.1, 0.15) is 0 Å². The Kier molecular flexibility index (Phi) is 4.11. The van der Waals surface area contributed by atoms with Gasteiger partial charge in [-0.2, -0.15) is 11.8 Å². The van der Waals surface area contributed by atoms with Crippen LogP contribution in [0.25, 0.3) is 0 Å². The molecule has 0 atom stereocenters. The number of thioether (sulfide) groups is 1. The van der Waals surface area contributed by atoms with Gasteiger partial charge in [0.25, 0.3) is 0 Å². The van der Waals surface area contributed by atoms with E-state index >= 15 is 0 Å². The van der Waals surface area contributed by atoms with Gasteiger partial charge >= 0.3 is 0 Å². The fraction of sp³-hybridized carbons (Fsp3) is 0.778. The van der Waals surface area contributed by atoms with Crippen molar-refractivity contribution in [1.82, 2.24) is 0 Å². The van der Waals surface area contributed by atoms with E-state index < -0.39 is 0 Å². The Morgan fingerprint density at radius 3 is 2.30 bits per heavy atom. The first-order chi connectivity index (χ1) is 4.50. The zero-order chi connectivity index (χ0) is 8.20. The SMILES string of the molecule is C=CCSC(C)(C)C(C)C. The maximum absolute atomic E-state index is 3.70. The van der Waals surface area contributed by atoms with Crippen LogP contribution < -0.4 is 0 Å². The lowest BCUT2D eigenvalue weighted by Crippen LogP contribution is -2.22. The molecule has 0 aromatic carbocycles. The molecule has 0 heterocycles. The third-order valence-electron chi connectivity index (χ3n) is 1.96. The van der Waals surface area contributed by atoms with E-state index in [4.69, 9.17) is 0 Å². The van der Waals surface area contributed by atoms with Crippen molar-refractivity contribution in [3.63, 3.8) is 0 Å². The molecule has 0 N–H and O–H groups in total. The molecule has 0 amide bonds. The van der Waals surface area contributed by atoms with Gasteiger partial charge in [-0.05, 0) is 5.92 Å². The van der Waals surface area contributed by atoms with Crippen LogP contribution in [0, 0.1) is 5.92 Å². The van der Waals surface area contributed by atoms with Crippen LogP contribution in [-0.2, 0) is 0 Å². The highest BCUT2D eigenvalue weighted by Crippen LogP contribution is 2.31. The Hall–Kier alpha value is 0.0900. The minimum atomic E-state index is 0.397. The molecule has 10 heavy (non-hydrogen) atoms. The van der Waals surface area contributed by atoms with Gasteiger partial charge in [0, 0.05) is 10.5 Å². The quantitative estimate of drug-likeness (QED) is 0.565. The standard InChI is InChI=1S/C9H18S/c1-6-7-10-9(4,5)8(2)3/h6,8H,1,7H2,2-5H3. The van der Waals surface area contributed by atoms with Crippen LogP contribution in [0.1, 0.15) is 27.7 Å². The van der Waals surface area contributed by atoms with Crippen molar-refractivity contribution in [1.29, 1.82) is 0 Å². The Balaban J connectivity index is 3.74. The third-order valence-corrected chi connectivity index (χ3v) is 3.58. The van der Waals surface area contributed by atoms with Crippen molar-refractivity contribution in [3.05, 3.63) is 12.7 Å². The van der Waals surface area contributed by atoms with Crippen molar-refractivity contribution < 1.29 is 0 Å². The molecule has 0 saturated heterocycles. The van der Waals surface area contributed by atoms with Crippen molar-refractivity contribution in [2.75, 3.05) is 5.75 Å². The summed E-state index contributed by atoms with van der Waals surface area (Å²) in [5.74, 6) is 1.79. The van der Waals surface area contributed by atoms with Crippen molar-refractivity contribution in [2.45, 2.75) is 32.4 Å². The summed E-state index contributed by atoms with van der Waals surface area (Å²) in [7, 11) is 0. The third kappa shape index (κ3) is 3.31. The Morgan fingerprint density at radius 1 is 1.50 bits per heavy atom. The summed E-state index contributed by atoms with van der Waals surface area (Å²) in [6.45, 7) is 12.8. The second-order valence-electron chi connectivity index (χ2n) is 3.36. The molecule has 0 aromatic rings. The second-order valence-corrected chi connectivity index (χ2v) is 5.03. The molecule has 0 aliphatic carbocycles. The molecule has 60 valence electrons. The zero-order valence-electron chi connectivity index (χ0n) is 7.48. The average molecular weight is 158 g/mol. The molecular weight excluding hydrogens is 140 g/mol. The molecule has 1 heteroatoms. The molecule has 0 unspecified atom stereocenters. The van der Waals surface area contributed by atoms with E-state index in [9.17, 15) is 0 Å². The molecule has 0 radical (unpaired) electrons. The molecule has 0 saturated carbocycles. The predicted octanol–water partition coefficient (Wildman–Crippen LogP) is 3.34. The highest BCUT2D eigenvalue weighted by atomic mass is 32.2. The summed E-state index contributed by atoms with van der Waals surface area (Å²) in [6.07, 6.45) is 1.97. The summed E-state index contributed by atoms with van der Waals surface area (Å²) in [6, 6.07) is 0. The lowest BCUT2D eigenvalue weighted by Gasteiger charge is -2.27. The van der Waals surface area contributed by atoms with Gasteiger partial charge in [-0.25, -0.2) is 0 Å². The number of hydrogen-bond acceptors (Lipinski definition) is 1. The summed E-state index contributed by atoms with van der Waals surface area (Å²) in [5, 5.41) is 0. The van der Waals surface area contributed by atoms with Crippen LogP contribution in [0.4, 0.5) is 0 Å². The van der Waals surface area contributed by atoms with Gasteiger partial charge in [-0.3, -0.25) is 0 Å². The van der Waals surface area contributed by atoms with Crippen molar-refractivity contribution in [2.24, 2.45) is 5.92 Å². The lowest BCUT2D eigenvalue weighted by molar-refractivity contribution is 0.504. The van der Waals surface area contributed by atoms with E-state index in [1.807, 2.05) is 17.8 Å². The summed E-state index contributed by atoms with van der Waals surface area (Å²) >= 11 is 1.97. The van der Waals surface area contributed by atoms with E-state index in [-0.39, 0.29) is 0 Å². The molecule has 0 aliphatic heterocycles. The minimum Gasteiger partial charge on any atom is -0.151 e. The first-order valence-electron chi connectivity index (χ1n) is 3.75. The Bertz CT molecular complexity index is 103. The molecular formula is C9H18S. The Morgan fingerprint density at radius 2 is 2.00 bits per heavy atom. The van der Waals surface area contributed by atoms with Crippen molar-refractivity contribution in [3.8, 4) is 0 Å². The van der Waals surface area contributed by atoms with E-state index in [0.29, 0.717) is 4.75 Å². The molecule has 0 nitrogen and oxygen atoms in total. The van der Waals surface area contributed by atoms with E-state index in [0.717, 1.165) is 11.7 Å². The topological polar surface area (TPSA) is 0 Å². The van der Waals surface area contributed by atoms with Crippen molar-refractivity contribution >= 4 is 11.8 Å². The van der Waals surface area contributed by atoms with E-state index in [2.05, 4.69) is 34.3 Å². The second kappa shape index (κ2) is 4.07. The van der Waals surface area contributed by atoms with Crippen LogP contribution in [0.15, 0.2) is 12.7 Å². The molecule has 0 fully saturated rings. The van der Waals surface area contributed by atoms with Gasteiger partial charge in [0.2, 0.25) is 0 Å². The van der Waals surface area contributed by atoms with Gasteiger partial charge in [-0.15, -0.1) is 6.58 Å². The predicted molar refractivity (Wildman–Crippen MR) is 51.6 cm³/mol. The highest BCUT2D eigenvalue weighted by molar-refractivity contribution is 8.00. The van der Waals surface area contributed by atoms with Crippen LogP contribution in [-0.4, -0.2) is 10.5 Å². The number of hydrogen-bond donors (Lipinski definition) is 0. The van der Waals surface area contributed by atoms with Gasteiger partial charge < -0.3 is 0 Å². The van der Waals surface area contributed by atoms with Crippen LogP contribution >= 0.6 is 11.8 Å². The zero-order valence-corrected chi connectivity index (χ0v) is 8.29. The summed E-state index contributed by atoms with van der Waals surface area (Å²) < 4.78 is 0.397. The molecule has 0 rings (SSSR count). The first-order valence-corrected chi connectivity index (χ1v) is 4.74. The maximum atomic E-state index is 3.70. The van der Waals surface area contributed by atoms with E-state index in [1.165, 1.54) is 0 Å². The van der Waals surface area contributed by atoms with Crippen LogP contribution in [0.3, 0.4) is 0 Å². The van der Waals surface area contributed by atoms with Gasteiger partial charge in [0.05, 0.1) is 0 Å². The van der Waals surface area contributed by atoms with Crippen LogP contribution in [0.2, 0.25) is 0 Å². The normalized spacial score (nSPS) is 12.1. The van der Waals surface area contributed by atoms with Crippen LogP contribution in [0.5, 0.6) is 0 Å². The molecule has 0 bridgehead atoms. The Labute approximate surface area is 69.1 Å². The monoisotopic (exact) mass is 158 g/mol. The fourth-order valence-electron chi connectivity index (χ4n) is 0.440. The first kappa shape index (κ1) is 10.1. The molecule has 0 aromatic heterocycles. The largest absolute Gasteiger partial charge is 0.151 e. The average Bonchev–Trinajstić information content (AvgIpc) is 1.84. The van der Waals surface area contributed by atoms with E-state index in [1.54, 1.807) is 0 Å². The fourth-order valence-corrected chi connectivity index (χ4v) is 1.32. The number of rotatable bonds is 4. The summed E-state index contributed by atoms with van der Waals surface area (Å²) in [4.78, 5) is 0. The molecule has 0 aliphatic rings. The molecule has 0 spiro atoms. The lowest BCUT2D eigenvalue weighted by atomic mass is 10.00. The highest BCUT2D eigenvalue weighted by Gasteiger charge is 2.21. The van der Waals surface area contributed by atoms with Gasteiger partial charge in [-0.1, -0.05) is 33.8 Å². The maximum Gasteiger partial charge on any atom is 0.0129 e. The van der Waals surface area contributed by atoms with Gasteiger partial charge in [0.15, 0.2) is 0 Å². The smallest absolute Gasteiger partial charge is 0.0129 e.